The molecular weight excluding hydrogens is 270 g/mol. The molecule has 1 aromatic rings. The van der Waals surface area contributed by atoms with Crippen molar-refractivity contribution in [1.82, 2.24) is 0 Å². The third-order valence-electron chi connectivity index (χ3n) is 2.12. The fraction of sp³-hybridized carbons (Fsp3) is 0.250. The molecule has 0 saturated carbocycles. The van der Waals surface area contributed by atoms with Crippen LogP contribution in [0.4, 0.5) is 0 Å². The van der Waals surface area contributed by atoms with E-state index >= 15 is 0 Å². The molecule has 0 unspecified atom stereocenters. The maximum absolute atomic E-state index is 11.6. The number of carbonyl (C=O) groups excluding carboxylic acids is 2. The maximum Gasteiger partial charge on any atom is 0.271 e. The summed E-state index contributed by atoms with van der Waals surface area (Å²) in [6.07, 6.45) is -0.0132. The average Bonchev–Trinajstić information content (AvgIpc) is 2.37. The second kappa shape index (κ2) is 6.91. The minimum absolute atomic E-state index is 0.334. The van der Waals surface area contributed by atoms with Gasteiger partial charge < -0.3 is 5.41 Å². The molecule has 0 aliphatic carbocycles. The fourth-order valence-electron chi connectivity index (χ4n) is 1.27. The molecule has 1 aromatic carbocycles. The maximum atomic E-state index is 11.6. The largest absolute Gasteiger partial charge is 0.305 e. The Morgan fingerprint density at radius 2 is 1.84 bits per heavy atom. The molecule has 0 bridgehead atoms. The number of ketones is 2. The quantitative estimate of drug-likeness (QED) is 0.430. The number of hydrogen-bond donors (Lipinski definition) is 1. The molecule has 0 heterocycles. The Hall–Kier alpha value is -1.86. The van der Waals surface area contributed by atoms with Gasteiger partial charge in [-0.3, -0.25) is 13.8 Å². The Morgan fingerprint density at radius 3 is 2.42 bits per heavy atom. The lowest BCUT2D eigenvalue weighted by molar-refractivity contribution is -0.125. The topological polar surface area (TPSA) is 101 Å². The molecule has 0 saturated heterocycles. The van der Waals surface area contributed by atoms with Crippen molar-refractivity contribution in [1.29, 1.82) is 5.41 Å². The lowest BCUT2D eigenvalue weighted by atomic mass is 10.2. The molecule has 0 aliphatic rings. The number of benzene rings is 1. The Kier molecular flexibility index (Phi) is 5.53. The molecule has 19 heavy (non-hydrogen) atoms. The third-order valence-corrected chi connectivity index (χ3v) is 3.28. The van der Waals surface area contributed by atoms with Gasteiger partial charge in [0.15, 0.2) is 11.6 Å². The minimum atomic E-state index is -3.86. The Morgan fingerprint density at radius 1 is 1.21 bits per heavy atom. The summed E-state index contributed by atoms with van der Waals surface area (Å²) in [7, 11) is -3.86. The second-order valence-corrected chi connectivity index (χ2v) is 5.42. The molecule has 0 atom stereocenters. The van der Waals surface area contributed by atoms with Gasteiger partial charge in [0.2, 0.25) is 0 Å². The summed E-state index contributed by atoms with van der Waals surface area (Å²) in [5, 5.41) is 6.62. The number of rotatable bonds is 8. The monoisotopic (exact) mass is 283 g/mol. The minimum Gasteiger partial charge on any atom is -0.305 e. The van der Waals surface area contributed by atoms with E-state index in [0.717, 1.165) is 0 Å². The van der Waals surface area contributed by atoms with E-state index in [-0.39, 0.29) is 5.75 Å². The van der Waals surface area contributed by atoms with Crippen molar-refractivity contribution in [2.24, 2.45) is 0 Å². The zero-order valence-corrected chi connectivity index (χ0v) is 10.9. The lowest BCUT2D eigenvalue weighted by Crippen LogP contribution is -2.18. The van der Waals surface area contributed by atoms with E-state index in [0.29, 0.717) is 11.8 Å². The van der Waals surface area contributed by atoms with Crippen LogP contribution >= 0.6 is 0 Å². The molecule has 1 rings (SSSR count). The van der Waals surface area contributed by atoms with Crippen LogP contribution in [0.2, 0.25) is 0 Å². The van der Waals surface area contributed by atoms with Gasteiger partial charge >= 0.3 is 0 Å². The third kappa shape index (κ3) is 6.03. The normalized spacial score (nSPS) is 10.9. The van der Waals surface area contributed by atoms with Crippen molar-refractivity contribution in [3.8, 4) is 0 Å². The molecule has 0 radical (unpaired) electrons. The van der Waals surface area contributed by atoms with Crippen LogP contribution in [0.15, 0.2) is 30.3 Å². The van der Waals surface area contributed by atoms with E-state index in [9.17, 15) is 18.0 Å². The van der Waals surface area contributed by atoms with Crippen LogP contribution < -0.4 is 0 Å². The molecule has 0 spiro atoms. The number of Topliss-reactive ketones (excluding diaryl/α,β-unsaturated/α-hetero) is 2. The molecule has 7 heteroatoms. The smallest absolute Gasteiger partial charge is 0.271 e. The molecule has 6 nitrogen and oxygen atoms in total. The van der Waals surface area contributed by atoms with Crippen LogP contribution in [0.3, 0.4) is 0 Å². The van der Waals surface area contributed by atoms with Gasteiger partial charge in [-0.15, -0.1) is 0 Å². The van der Waals surface area contributed by atoms with E-state index in [2.05, 4.69) is 4.18 Å². The fourth-order valence-corrected chi connectivity index (χ4v) is 2.27. The lowest BCUT2D eigenvalue weighted by Gasteiger charge is -2.04. The Balaban J connectivity index is 2.50. The van der Waals surface area contributed by atoms with Crippen molar-refractivity contribution in [3.05, 3.63) is 35.9 Å². The first kappa shape index (κ1) is 15.2. The van der Waals surface area contributed by atoms with Crippen molar-refractivity contribution in [3.63, 3.8) is 0 Å². The van der Waals surface area contributed by atoms with Crippen LogP contribution in [-0.2, 0) is 29.6 Å². The van der Waals surface area contributed by atoms with Crippen molar-refractivity contribution in [2.75, 3.05) is 6.61 Å². The summed E-state index contributed by atoms with van der Waals surface area (Å²) in [6.45, 7) is -0.686. The summed E-state index contributed by atoms with van der Waals surface area (Å²) < 4.78 is 27.6. The average molecular weight is 283 g/mol. The van der Waals surface area contributed by atoms with Gasteiger partial charge in [0.1, 0.15) is 12.4 Å². The van der Waals surface area contributed by atoms with Crippen LogP contribution in [0, 0.1) is 5.41 Å². The van der Waals surface area contributed by atoms with Gasteiger partial charge in [0, 0.05) is 0 Å². The molecule has 0 amide bonds. The first-order chi connectivity index (χ1) is 8.93. The molecular formula is C12H13NO5S. The van der Waals surface area contributed by atoms with Gasteiger partial charge in [-0.1, -0.05) is 30.3 Å². The number of hydrogen-bond acceptors (Lipinski definition) is 6. The summed E-state index contributed by atoms with van der Waals surface area (Å²) in [5.74, 6) is -1.70. The van der Waals surface area contributed by atoms with Crippen molar-refractivity contribution in [2.45, 2.75) is 12.2 Å². The van der Waals surface area contributed by atoms with Crippen LogP contribution in [0.5, 0.6) is 0 Å². The van der Waals surface area contributed by atoms with Crippen LogP contribution in [0.25, 0.3) is 0 Å². The van der Waals surface area contributed by atoms with E-state index < -0.39 is 34.7 Å². The highest BCUT2D eigenvalue weighted by atomic mass is 32.2. The van der Waals surface area contributed by atoms with Crippen molar-refractivity contribution >= 4 is 27.9 Å². The molecule has 0 aliphatic heterocycles. The Labute approximate surface area is 111 Å². The predicted molar refractivity (Wildman–Crippen MR) is 68.4 cm³/mol. The van der Waals surface area contributed by atoms with Gasteiger partial charge in [-0.05, 0) is 5.56 Å². The Bertz CT molecular complexity index is 565. The predicted octanol–water partition coefficient (Wildman–Crippen LogP) is 0.711. The number of carbonyl (C=O) groups is 2. The first-order valence-corrected chi connectivity index (χ1v) is 6.97. The van der Waals surface area contributed by atoms with E-state index in [4.69, 9.17) is 5.41 Å². The SMILES string of the molecule is N=CC(=O)CC(=O)COS(=O)(=O)Cc1ccccc1. The van der Waals surface area contributed by atoms with Crippen molar-refractivity contribution < 1.29 is 22.2 Å². The molecule has 102 valence electrons. The summed E-state index contributed by atoms with van der Waals surface area (Å²) >= 11 is 0. The number of nitrogens with one attached hydrogen (secondary N) is 1. The van der Waals surface area contributed by atoms with Crippen LogP contribution in [-0.4, -0.2) is 32.8 Å². The summed E-state index contributed by atoms with van der Waals surface area (Å²) in [5.41, 5.74) is 0.547. The highest BCUT2D eigenvalue weighted by Crippen LogP contribution is 2.07. The molecule has 0 aromatic heterocycles. The van der Waals surface area contributed by atoms with E-state index in [1.807, 2.05) is 0 Å². The standard InChI is InChI=1S/C12H13NO5S/c13-7-11(14)6-12(15)8-18-19(16,17)9-10-4-2-1-3-5-10/h1-5,7,13H,6,8-9H2. The highest BCUT2D eigenvalue weighted by molar-refractivity contribution is 7.85. The summed E-state index contributed by atoms with van der Waals surface area (Å²) in [4.78, 5) is 22.0. The zero-order chi connectivity index (χ0) is 14.3. The van der Waals surface area contributed by atoms with E-state index in [1.165, 1.54) is 0 Å². The zero-order valence-electron chi connectivity index (χ0n) is 10.0. The summed E-state index contributed by atoms with van der Waals surface area (Å²) in [6, 6.07) is 8.39. The van der Waals surface area contributed by atoms with Crippen LogP contribution in [0.1, 0.15) is 12.0 Å². The highest BCUT2D eigenvalue weighted by Gasteiger charge is 2.16. The van der Waals surface area contributed by atoms with Gasteiger partial charge in [-0.25, -0.2) is 0 Å². The van der Waals surface area contributed by atoms with Gasteiger partial charge in [0.05, 0.1) is 12.6 Å². The first-order valence-electron chi connectivity index (χ1n) is 5.39. The van der Waals surface area contributed by atoms with Gasteiger partial charge in [-0.2, -0.15) is 8.42 Å². The van der Waals surface area contributed by atoms with E-state index in [1.54, 1.807) is 30.3 Å². The molecule has 1 N–H and O–H groups in total. The second-order valence-electron chi connectivity index (χ2n) is 3.78. The molecule has 0 fully saturated rings. The van der Waals surface area contributed by atoms with Gasteiger partial charge in [0.25, 0.3) is 10.1 Å².